The van der Waals surface area contributed by atoms with Crippen molar-refractivity contribution in [2.24, 2.45) is 11.8 Å². The van der Waals surface area contributed by atoms with E-state index in [0.29, 0.717) is 37.7 Å². The van der Waals surface area contributed by atoms with Gasteiger partial charge in [-0.3, -0.25) is 9.59 Å². The van der Waals surface area contributed by atoms with E-state index in [4.69, 9.17) is 0 Å². The molecule has 4 rings (SSSR count). The van der Waals surface area contributed by atoms with E-state index in [1.807, 2.05) is 11.8 Å². The zero-order chi connectivity index (χ0) is 20.5. The number of hydrogen-bond acceptors (Lipinski definition) is 4. The van der Waals surface area contributed by atoms with Gasteiger partial charge in [-0.05, 0) is 56.2 Å². The van der Waals surface area contributed by atoms with Crippen molar-refractivity contribution in [3.05, 3.63) is 46.3 Å². The van der Waals surface area contributed by atoms with Gasteiger partial charge in [0, 0.05) is 38.5 Å². The minimum Gasteiger partial charge on any atom is -0.350 e. The molecule has 1 aromatic carbocycles. The van der Waals surface area contributed by atoms with Gasteiger partial charge < -0.3 is 10.2 Å². The van der Waals surface area contributed by atoms with Gasteiger partial charge >= 0.3 is 0 Å². The summed E-state index contributed by atoms with van der Waals surface area (Å²) in [5.74, 6) is 0.826. The van der Waals surface area contributed by atoms with Gasteiger partial charge in [-0.25, -0.2) is 4.68 Å². The fourth-order valence-electron chi connectivity index (χ4n) is 3.88. The van der Waals surface area contributed by atoms with Crippen LogP contribution in [-0.2, 0) is 17.9 Å². The van der Waals surface area contributed by atoms with E-state index in [9.17, 15) is 9.59 Å². The second-order valence-corrected chi connectivity index (χ2v) is 8.62. The summed E-state index contributed by atoms with van der Waals surface area (Å²) in [6.07, 6.45) is 2.90. The lowest BCUT2D eigenvalue weighted by atomic mass is 10.1. The number of nitrogens with one attached hydrogen (secondary N) is 1. The molecule has 154 valence electrons. The van der Waals surface area contributed by atoms with E-state index in [1.54, 1.807) is 4.68 Å². The quantitative estimate of drug-likeness (QED) is 0.781. The first-order valence-corrected chi connectivity index (χ1v) is 10.4. The van der Waals surface area contributed by atoms with Crippen LogP contribution in [0.4, 0.5) is 0 Å². The van der Waals surface area contributed by atoms with E-state index in [-0.39, 0.29) is 17.7 Å². The first-order chi connectivity index (χ1) is 13.9. The molecule has 1 aliphatic carbocycles. The molecule has 0 bridgehead atoms. The Bertz CT molecular complexity index is 931. The smallest absolute Gasteiger partial charge is 0.273 e. The van der Waals surface area contributed by atoms with Crippen LogP contribution in [0, 0.1) is 32.6 Å². The SMILES string of the molecule is Cc1ccc(CN2CC(Cn3nnc(C(=O)NCC4CC4)c3C)CC2=O)cc1C. The average molecular weight is 396 g/mol. The predicted octanol–water partition coefficient (Wildman–Crippen LogP) is 2.39. The predicted molar refractivity (Wildman–Crippen MR) is 109 cm³/mol. The highest BCUT2D eigenvalue weighted by Crippen LogP contribution is 2.27. The third-order valence-electron chi connectivity index (χ3n) is 6.12. The number of aromatic nitrogens is 3. The van der Waals surface area contributed by atoms with Crippen LogP contribution >= 0.6 is 0 Å². The van der Waals surface area contributed by atoms with Gasteiger partial charge in [-0.1, -0.05) is 23.4 Å². The molecule has 29 heavy (non-hydrogen) atoms. The summed E-state index contributed by atoms with van der Waals surface area (Å²) in [6.45, 7) is 8.72. The van der Waals surface area contributed by atoms with Gasteiger partial charge in [0.25, 0.3) is 5.91 Å². The topological polar surface area (TPSA) is 80.1 Å². The molecule has 0 radical (unpaired) electrons. The van der Waals surface area contributed by atoms with Crippen LogP contribution in [0.15, 0.2) is 18.2 Å². The highest BCUT2D eigenvalue weighted by molar-refractivity contribution is 5.93. The molecule has 1 unspecified atom stereocenters. The Hall–Kier alpha value is -2.70. The number of likely N-dealkylation sites (tertiary alicyclic amines) is 1. The van der Waals surface area contributed by atoms with Crippen molar-refractivity contribution in [1.29, 1.82) is 0 Å². The molecule has 2 aromatic rings. The number of carbonyl (C=O) groups is 2. The van der Waals surface area contributed by atoms with Crippen molar-refractivity contribution in [1.82, 2.24) is 25.2 Å². The van der Waals surface area contributed by atoms with Gasteiger partial charge in [0.05, 0.1) is 5.69 Å². The van der Waals surface area contributed by atoms with E-state index in [2.05, 4.69) is 47.7 Å². The largest absolute Gasteiger partial charge is 0.350 e. The first-order valence-electron chi connectivity index (χ1n) is 10.4. The lowest BCUT2D eigenvalue weighted by molar-refractivity contribution is -0.128. The lowest BCUT2D eigenvalue weighted by Crippen LogP contribution is -2.27. The van der Waals surface area contributed by atoms with Gasteiger partial charge in [0.15, 0.2) is 5.69 Å². The fourth-order valence-corrected chi connectivity index (χ4v) is 3.88. The Labute approximate surface area is 171 Å². The summed E-state index contributed by atoms with van der Waals surface area (Å²) in [5, 5.41) is 11.2. The Balaban J connectivity index is 1.35. The minimum atomic E-state index is -0.153. The zero-order valence-corrected chi connectivity index (χ0v) is 17.4. The summed E-state index contributed by atoms with van der Waals surface area (Å²) in [4.78, 5) is 26.7. The van der Waals surface area contributed by atoms with Crippen LogP contribution in [0.2, 0.25) is 0 Å². The summed E-state index contributed by atoms with van der Waals surface area (Å²) >= 11 is 0. The third-order valence-corrected chi connectivity index (χ3v) is 6.12. The molecular formula is C22H29N5O2. The zero-order valence-electron chi connectivity index (χ0n) is 17.4. The molecule has 7 nitrogen and oxygen atoms in total. The monoisotopic (exact) mass is 395 g/mol. The molecule has 1 saturated heterocycles. The second kappa shape index (κ2) is 7.97. The van der Waals surface area contributed by atoms with E-state index >= 15 is 0 Å². The average Bonchev–Trinajstić information content (AvgIpc) is 3.36. The maximum absolute atomic E-state index is 12.5. The number of aryl methyl sites for hydroxylation is 2. The third kappa shape index (κ3) is 4.49. The van der Waals surface area contributed by atoms with E-state index in [0.717, 1.165) is 17.8 Å². The van der Waals surface area contributed by atoms with Gasteiger partial charge in [-0.15, -0.1) is 5.10 Å². The number of benzene rings is 1. The van der Waals surface area contributed by atoms with Gasteiger partial charge in [0.1, 0.15) is 0 Å². The van der Waals surface area contributed by atoms with E-state index in [1.165, 1.54) is 24.0 Å². The van der Waals surface area contributed by atoms with Crippen LogP contribution < -0.4 is 5.32 Å². The Morgan fingerprint density at radius 1 is 1.17 bits per heavy atom. The standard InChI is InChI=1S/C22H29N5O2/c1-14-4-5-18(8-15(14)2)11-26-12-19(9-20(26)28)13-27-16(3)21(24-25-27)22(29)23-10-17-6-7-17/h4-5,8,17,19H,6-7,9-13H2,1-3H3,(H,23,29). The van der Waals surface area contributed by atoms with Gasteiger partial charge in [0.2, 0.25) is 5.91 Å². The maximum atomic E-state index is 12.5. The number of nitrogens with zero attached hydrogens (tertiary/aromatic N) is 4. The lowest BCUT2D eigenvalue weighted by Gasteiger charge is -2.17. The Morgan fingerprint density at radius 2 is 1.97 bits per heavy atom. The van der Waals surface area contributed by atoms with Crippen molar-refractivity contribution in [3.63, 3.8) is 0 Å². The van der Waals surface area contributed by atoms with Crippen molar-refractivity contribution >= 4 is 11.8 Å². The number of rotatable bonds is 7. The number of hydrogen-bond donors (Lipinski definition) is 1. The van der Waals surface area contributed by atoms with Crippen LogP contribution in [0.5, 0.6) is 0 Å². The highest BCUT2D eigenvalue weighted by Gasteiger charge is 2.31. The van der Waals surface area contributed by atoms with Crippen molar-refractivity contribution in [2.75, 3.05) is 13.1 Å². The summed E-state index contributed by atoms with van der Waals surface area (Å²) in [7, 11) is 0. The maximum Gasteiger partial charge on any atom is 0.273 e. The van der Waals surface area contributed by atoms with Crippen molar-refractivity contribution in [2.45, 2.75) is 53.1 Å². The summed E-state index contributed by atoms with van der Waals surface area (Å²) in [6, 6.07) is 6.36. The molecule has 1 aliphatic heterocycles. The molecule has 2 amide bonds. The Kier molecular flexibility index (Phi) is 5.39. The molecule has 1 atom stereocenters. The number of carbonyl (C=O) groups excluding carboxylic acids is 2. The molecule has 2 fully saturated rings. The molecular weight excluding hydrogens is 366 g/mol. The van der Waals surface area contributed by atoms with Crippen molar-refractivity contribution < 1.29 is 9.59 Å². The van der Waals surface area contributed by atoms with Crippen LogP contribution in [-0.4, -0.2) is 44.8 Å². The Morgan fingerprint density at radius 3 is 2.69 bits per heavy atom. The summed E-state index contributed by atoms with van der Waals surface area (Å²) in [5.41, 5.74) is 4.82. The van der Waals surface area contributed by atoms with Crippen LogP contribution in [0.25, 0.3) is 0 Å². The second-order valence-electron chi connectivity index (χ2n) is 8.62. The van der Waals surface area contributed by atoms with Crippen LogP contribution in [0.1, 0.15) is 52.1 Å². The van der Waals surface area contributed by atoms with Crippen molar-refractivity contribution in [3.8, 4) is 0 Å². The number of amides is 2. The van der Waals surface area contributed by atoms with Gasteiger partial charge in [-0.2, -0.15) is 0 Å². The molecule has 7 heteroatoms. The van der Waals surface area contributed by atoms with E-state index < -0.39 is 0 Å². The molecule has 0 spiro atoms. The molecule has 1 saturated carbocycles. The normalized spacial score (nSPS) is 19.1. The molecule has 1 N–H and O–H groups in total. The first kappa shape index (κ1) is 19.6. The van der Waals surface area contributed by atoms with Crippen LogP contribution in [0.3, 0.4) is 0 Å². The minimum absolute atomic E-state index is 0.153. The molecule has 2 heterocycles. The fraction of sp³-hybridized carbons (Fsp3) is 0.545. The molecule has 2 aliphatic rings. The molecule has 1 aromatic heterocycles. The highest BCUT2D eigenvalue weighted by atomic mass is 16.2. The summed E-state index contributed by atoms with van der Waals surface area (Å²) < 4.78 is 1.77.